The van der Waals surface area contributed by atoms with E-state index in [0.717, 1.165) is 25.6 Å². The number of guanidine groups is 1. The van der Waals surface area contributed by atoms with Crippen molar-refractivity contribution in [1.29, 1.82) is 0 Å². The Morgan fingerprint density at radius 1 is 1.14 bits per heavy atom. The number of nitrogens with zero attached hydrogens (tertiary/aromatic N) is 2. The number of rotatable bonds is 6. The predicted molar refractivity (Wildman–Crippen MR) is 93.2 cm³/mol. The number of hydrogen-bond donors (Lipinski definition) is 2. The Morgan fingerprint density at radius 2 is 1.91 bits per heavy atom. The van der Waals surface area contributed by atoms with Crippen molar-refractivity contribution in [3.63, 3.8) is 0 Å². The number of aliphatic imine (C=N–C) groups is 1. The lowest BCUT2D eigenvalue weighted by molar-refractivity contribution is 0.665. The Balaban J connectivity index is 1.91. The summed E-state index contributed by atoms with van der Waals surface area (Å²) >= 11 is 0. The van der Waals surface area contributed by atoms with E-state index in [-0.39, 0.29) is 0 Å². The lowest BCUT2D eigenvalue weighted by Crippen LogP contribution is -2.38. The minimum atomic E-state index is 0.699. The number of hydrogen-bond acceptors (Lipinski definition) is 1. The maximum absolute atomic E-state index is 4.68. The van der Waals surface area contributed by atoms with Gasteiger partial charge in [-0.05, 0) is 44.0 Å². The third-order valence-corrected chi connectivity index (χ3v) is 3.58. The largest absolute Gasteiger partial charge is 0.357 e. The Labute approximate surface area is 133 Å². The van der Waals surface area contributed by atoms with E-state index in [0.29, 0.717) is 6.54 Å². The van der Waals surface area contributed by atoms with Gasteiger partial charge in [0.1, 0.15) is 0 Å². The third-order valence-electron chi connectivity index (χ3n) is 3.58. The molecule has 0 spiro atoms. The summed E-state index contributed by atoms with van der Waals surface area (Å²) in [6.45, 7) is 9.69. The molecule has 2 N–H and O–H groups in total. The lowest BCUT2D eigenvalue weighted by Gasteiger charge is -2.12. The molecule has 0 saturated carbocycles. The Morgan fingerprint density at radius 3 is 2.59 bits per heavy atom. The average molecular weight is 298 g/mol. The van der Waals surface area contributed by atoms with Gasteiger partial charge >= 0.3 is 0 Å². The normalized spacial score (nSPS) is 11.5. The van der Waals surface area contributed by atoms with Gasteiger partial charge in [-0.25, -0.2) is 4.99 Å². The van der Waals surface area contributed by atoms with Gasteiger partial charge in [-0.15, -0.1) is 0 Å². The molecule has 1 heterocycles. The van der Waals surface area contributed by atoms with Gasteiger partial charge in [0, 0.05) is 32.0 Å². The first-order valence-corrected chi connectivity index (χ1v) is 7.88. The fourth-order valence-corrected chi connectivity index (χ4v) is 2.35. The SMILES string of the molecule is CCNC(=NCc1ccc(C)cc1C)NCCn1cccc1. The zero-order valence-electron chi connectivity index (χ0n) is 13.8. The molecule has 22 heavy (non-hydrogen) atoms. The monoisotopic (exact) mass is 298 g/mol. The fraction of sp³-hybridized carbons (Fsp3) is 0.389. The molecule has 0 aliphatic heterocycles. The molecule has 0 bridgehead atoms. The van der Waals surface area contributed by atoms with Crippen LogP contribution in [0.1, 0.15) is 23.6 Å². The van der Waals surface area contributed by atoms with E-state index in [1.165, 1.54) is 16.7 Å². The highest BCUT2D eigenvalue weighted by molar-refractivity contribution is 5.79. The van der Waals surface area contributed by atoms with Crippen molar-refractivity contribution in [2.45, 2.75) is 33.9 Å². The van der Waals surface area contributed by atoms with Crippen molar-refractivity contribution in [1.82, 2.24) is 15.2 Å². The maximum Gasteiger partial charge on any atom is 0.191 e. The highest BCUT2D eigenvalue weighted by atomic mass is 15.2. The summed E-state index contributed by atoms with van der Waals surface area (Å²) in [6, 6.07) is 10.6. The van der Waals surface area contributed by atoms with Crippen LogP contribution in [0.25, 0.3) is 0 Å². The van der Waals surface area contributed by atoms with Crippen LogP contribution in [0.5, 0.6) is 0 Å². The number of aryl methyl sites for hydroxylation is 2. The molecule has 118 valence electrons. The molecule has 4 nitrogen and oxygen atoms in total. The zero-order valence-corrected chi connectivity index (χ0v) is 13.8. The summed E-state index contributed by atoms with van der Waals surface area (Å²) in [4.78, 5) is 4.68. The predicted octanol–water partition coefficient (Wildman–Crippen LogP) is 2.86. The van der Waals surface area contributed by atoms with E-state index in [1.807, 2.05) is 12.1 Å². The Hall–Kier alpha value is -2.23. The number of nitrogens with one attached hydrogen (secondary N) is 2. The molecule has 0 aliphatic carbocycles. The van der Waals surface area contributed by atoms with E-state index in [1.54, 1.807) is 0 Å². The minimum Gasteiger partial charge on any atom is -0.357 e. The van der Waals surface area contributed by atoms with Gasteiger partial charge < -0.3 is 15.2 Å². The highest BCUT2D eigenvalue weighted by Gasteiger charge is 2.00. The molecule has 0 unspecified atom stereocenters. The molecular weight excluding hydrogens is 272 g/mol. The summed E-state index contributed by atoms with van der Waals surface area (Å²) in [6.07, 6.45) is 4.14. The molecule has 0 radical (unpaired) electrons. The first-order valence-electron chi connectivity index (χ1n) is 7.88. The van der Waals surface area contributed by atoms with Crippen LogP contribution in [0.2, 0.25) is 0 Å². The average Bonchev–Trinajstić information content (AvgIpc) is 2.99. The van der Waals surface area contributed by atoms with Crippen molar-refractivity contribution in [3.05, 3.63) is 59.4 Å². The standard InChI is InChI=1S/C18H26N4/c1-4-19-18(20-9-12-22-10-5-6-11-22)21-14-17-8-7-15(2)13-16(17)3/h5-8,10-11,13H,4,9,12,14H2,1-3H3,(H2,19,20,21). The smallest absolute Gasteiger partial charge is 0.191 e. The Kier molecular flexibility index (Phi) is 6.07. The van der Waals surface area contributed by atoms with Crippen LogP contribution in [-0.4, -0.2) is 23.6 Å². The number of benzene rings is 1. The molecule has 0 aliphatic rings. The van der Waals surface area contributed by atoms with E-state index >= 15 is 0 Å². The van der Waals surface area contributed by atoms with Crippen molar-refractivity contribution < 1.29 is 0 Å². The van der Waals surface area contributed by atoms with Crippen LogP contribution < -0.4 is 10.6 Å². The fourth-order valence-electron chi connectivity index (χ4n) is 2.35. The molecule has 0 amide bonds. The van der Waals surface area contributed by atoms with Crippen molar-refractivity contribution in [2.75, 3.05) is 13.1 Å². The van der Waals surface area contributed by atoms with Crippen LogP contribution in [0.3, 0.4) is 0 Å². The summed E-state index contributed by atoms with van der Waals surface area (Å²) < 4.78 is 2.15. The van der Waals surface area contributed by atoms with E-state index in [9.17, 15) is 0 Å². The van der Waals surface area contributed by atoms with E-state index in [4.69, 9.17) is 0 Å². The van der Waals surface area contributed by atoms with Crippen LogP contribution in [-0.2, 0) is 13.1 Å². The molecule has 4 heteroatoms. The molecule has 1 aromatic heterocycles. The third kappa shape index (κ3) is 4.95. The first kappa shape index (κ1) is 16.1. The van der Waals surface area contributed by atoms with Crippen molar-refractivity contribution in [3.8, 4) is 0 Å². The van der Waals surface area contributed by atoms with Gasteiger partial charge in [-0.1, -0.05) is 23.8 Å². The first-order chi connectivity index (χ1) is 10.7. The second-order valence-corrected chi connectivity index (χ2v) is 5.47. The van der Waals surface area contributed by atoms with Gasteiger partial charge in [0.05, 0.1) is 6.54 Å². The van der Waals surface area contributed by atoms with Gasteiger partial charge in [0.2, 0.25) is 0 Å². The minimum absolute atomic E-state index is 0.699. The molecule has 0 saturated heterocycles. The van der Waals surface area contributed by atoms with Crippen LogP contribution in [0.4, 0.5) is 0 Å². The zero-order chi connectivity index (χ0) is 15.8. The van der Waals surface area contributed by atoms with Crippen LogP contribution in [0, 0.1) is 13.8 Å². The summed E-state index contributed by atoms with van der Waals surface area (Å²) in [5.41, 5.74) is 3.86. The van der Waals surface area contributed by atoms with Crippen molar-refractivity contribution >= 4 is 5.96 Å². The molecule has 2 aromatic rings. The second-order valence-electron chi connectivity index (χ2n) is 5.47. The van der Waals surface area contributed by atoms with E-state index < -0.39 is 0 Å². The second kappa shape index (κ2) is 8.27. The quantitative estimate of drug-likeness (QED) is 0.636. The molecular formula is C18H26N4. The summed E-state index contributed by atoms with van der Waals surface area (Å²) in [5, 5.41) is 6.67. The maximum atomic E-state index is 4.68. The van der Waals surface area contributed by atoms with Gasteiger partial charge in [-0.3, -0.25) is 0 Å². The molecule has 1 aromatic carbocycles. The van der Waals surface area contributed by atoms with E-state index in [2.05, 4.69) is 71.6 Å². The van der Waals surface area contributed by atoms with Gasteiger partial charge in [0.25, 0.3) is 0 Å². The van der Waals surface area contributed by atoms with Gasteiger partial charge in [0.15, 0.2) is 5.96 Å². The van der Waals surface area contributed by atoms with Crippen molar-refractivity contribution in [2.24, 2.45) is 4.99 Å². The summed E-state index contributed by atoms with van der Waals surface area (Å²) in [5.74, 6) is 0.870. The summed E-state index contributed by atoms with van der Waals surface area (Å²) in [7, 11) is 0. The van der Waals surface area contributed by atoms with Crippen LogP contribution in [0.15, 0.2) is 47.7 Å². The Bertz CT molecular complexity index is 600. The molecule has 0 fully saturated rings. The number of aromatic nitrogens is 1. The molecule has 0 atom stereocenters. The van der Waals surface area contributed by atoms with Gasteiger partial charge in [-0.2, -0.15) is 0 Å². The highest BCUT2D eigenvalue weighted by Crippen LogP contribution is 2.11. The molecule has 2 rings (SSSR count). The topological polar surface area (TPSA) is 41.4 Å². The lowest BCUT2D eigenvalue weighted by atomic mass is 10.1. The van der Waals surface area contributed by atoms with Crippen LogP contribution >= 0.6 is 0 Å².